The molecule has 37 heavy (non-hydrogen) atoms. The minimum absolute atomic E-state index is 0.790. The van der Waals surface area contributed by atoms with Gasteiger partial charge in [-0.3, -0.25) is 0 Å². The van der Waals surface area contributed by atoms with Crippen LogP contribution in [0.25, 0.3) is 24.3 Å². The Morgan fingerprint density at radius 3 is 1.14 bits per heavy atom. The molecule has 0 spiro atoms. The predicted octanol–water partition coefficient (Wildman–Crippen LogP) is 8.21. The molecule has 5 heteroatoms. The highest BCUT2D eigenvalue weighted by Gasteiger charge is 2.15. The second kappa shape index (κ2) is 12.7. The van der Waals surface area contributed by atoms with Gasteiger partial charge in [0.05, 0.1) is 38.2 Å². The van der Waals surface area contributed by atoms with E-state index in [1.54, 1.807) is 40.2 Å². The molecule has 0 aliphatic heterocycles. The van der Waals surface area contributed by atoms with Gasteiger partial charge in [0.25, 0.3) is 0 Å². The molecule has 4 aromatic carbocycles. The number of methoxy groups -OCH3 is 4. The van der Waals surface area contributed by atoms with Crippen molar-refractivity contribution in [3.63, 3.8) is 0 Å². The van der Waals surface area contributed by atoms with Crippen LogP contribution in [-0.2, 0) is 0 Å². The molecule has 0 aromatic heterocycles. The van der Waals surface area contributed by atoms with Crippen LogP contribution in [0.4, 0.5) is 0 Å². The van der Waals surface area contributed by atoms with Crippen LogP contribution in [-0.4, -0.2) is 28.4 Å². The van der Waals surface area contributed by atoms with Crippen molar-refractivity contribution in [1.29, 1.82) is 0 Å². The molecule has 0 saturated heterocycles. The molecule has 0 saturated carbocycles. The Kier molecular flexibility index (Phi) is 8.95. The fraction of sp³-hybridized carbons (Fsp3) is 0.125. The predicted molar refractivity (Wildman–Crippen MR) is 154 cm³/mol. The summed E-state index contributed by atoms with van der Waals surface area (Å²) in [5.41, 5.74) is 4.06. The van der Waals surface area contributed by atoms with E-state index in [0.717, 1.165) is 55.0 Å². The van der Waals surface area contributed by atoms with Crippen LogP contribution in [0.2, 0.25) is 0 Å². The van der Waals surface area contributed by atoms with E-state index >= 15 is 0 Å². The minimum atomic E-state index is 0.790. The summed E-state index contributed by atoms with van der Waals surface area (Å²) in [4.78, 5) is 1.99. The van der Waals surface area contributed by atoms with Gasteiger partial charge in [0, 0.05) is 11.1 Å². The number of hydrogen-bond acceptors (Lipinski definition) is 5. The standard InChI is InChI=1S/C32H30O4S/c1-33-27-15-7-5-11-23(27)19-21-25-13-9-17-29(35-3)31(25)37-32-26(14-10-18-30(32)36-4)22-20-24-12-6-8-16-28(24)34-2/h5-22H,1-4H3/b21-19+,22-20+. The molecule has 0 aliphatic carbocycles. The third kappa shape index (κ3) is 6.19. The van der Waals surface area contributed by atoms with Crippen LogP contribution in [0.15, 0.2) is 94.7 Å². The number of para-hydroxylation sites is 2. The molecular weight excluding hydrogens is 480 g/mol. The molecule has 0 radical (unpaired) electrons. The molecule has 0 atom stereocenters. The Labute approximate surface area is 223 Å². The van der Waals surface area contributed by atoms with Crippen LogP contribution in [0.5, 0.6) is 23.0 Å². The Balaban J connectivity index is 1.76. The number of benzene rings is 4. The van der Waals surface area contributed by atoms with E-state index in [1.807, 2.05) is 72.8 Å². The summed E-state index contributed by atoms with van der Waals surface area (Å²) in [6.07, 6.45) is 8.29. The quantitative estimate of drug-likeness (QED) is 0.201. The summed E-state index contributed by atoms with van der Waals surface area (Å²) in [6, 6.07) is 28.0. The Morgan fingerprint density at radius 2 is 0.730 bits per heavy atom. The number of ether oxygens (including phenoxy) is 4. The summed E-state index contributed by atoms with van der Waals surface area (Å²) in [6.45, 7) is 0. The molecule has 0 fully saturated rings. The van der Waals surface area contributed by atoms with Gasteiger partial charge in [0.2, 0.25) is 0 Å². The molecule has 0 amide bonds. The zero-order chi connectivity index (χ0) is 26.0. The summed E-state index contributed by atoms with van der Waals surface area (Å²) in [7, 11) is 6.75. The second-order valence-electron chi connectivity index (χ2n) is 8.01. The van der Waals surface area contributed by atoms with Crippen LogP contribution in [0, 0.1) is 0 Å². The monoisotopic (exact) mass is 510 g/mol. The first-order chi connectivity index (χ1) is 18.2. The highest BCUT2D eigenvalue weighted by atomic mass is 32.2. The first kappa shape index (κ1) is 26.0. The molecule has 4 rings (SSSR count). The zero-order valence-electron chi connectivity index (χ0n) is 21.4. The molecule has 4 aromatic rings. The van der Waals surface area contributed by atoms with Crippen molar-refractivity contribution in [2.24, 2.45) is 0 Å². The van der Waals surface area contributed by atoms with Crippen molar-refractivity contribution in [2.45, 2.75) is 9.79 Å². The Morgan fingerprint density at radius 1 is 0.405 bits per heavy atom. The van der Waals surface area contributed by atoms with Gasteiger partial charge in [-0.15, -0.1) is 0 Å². The number of hydrogen-bond donors (Lipinski definition) is 0. The lowest BCUT2D eigenvalue weighted by Crippen LogP contribution is -1.93. The molecule has 4 nitrogen and oxygen atoms in total. The van der Waals surface area contributed by atoms with Gasteiger partial charge in [-0.1, -0.05) is 96.7 Å². The van der Waals surface area contributed by atoms with Crippen molar-refractivity contribution >= 4 is 36.1 Å². The summed E-state index contributed by atoms with van der Waals surface area (Å²) >= 11 is 1.62. The van der Waals surface area contributed by atoms with E-state index < -0.39 is 0 Å². The van der Waals surface area contributed by atoms with E-state index in [-0.39, 0.29) is 0 Å². The topological polar surface area (TPSA) is 36.9 Å². The lowest BCUT2D eigenvalue weighted by molar-refractivity contribution is 0.402. The van der Waals surface area contributed by atoms with Gasteiger partial charge in [-0.2, -0.15) is 0 Å². The van der Waals surface area contributed by atoms with Crippen molar-refractivity contribution in [3.05, 3.63) is 107 Å². The maximum Gasteiger partial charge on any atom is 0.133 e. The van der Waals surface area contributed by atoms with Gasteiger partial charge in [-0.05, 0) is 35.4 Å². The molecule has 188 valence electrons. The average Bonchev–Trinajstić information content (AvgIpc) is 2.96. The van der Waals surface area contributed by atoms with Gasteiger partial charge < -0.3 is 18.9 Å². The van der Waals surface area contributed by atoms with Gasteiger partial charge in [0.1, 0.15) is 23.0 Å². The first-order valence-corrected chi connectivity index (χ1v) is 12.6. The minimum Gasteiger partial charge on any atom is -0.496 e. The fourth-order valence-corrected chi connectivity index (χ4v) is 5.15. The maximum atomic E-state index is 5.77. The van der Waals surface area contributed by atoms with E-state index in [1.165, 1.54) is 0 Å². The lowest BCUT2D eigenvalue weighted by atomic mass is 10.1. The highest BCUT2D eigenvalue weighted by molar-refractivity contribution is 7.99. The van der Waals surface area contributed by atoms with Crippen molar-refractivity contribution in [1.82, 2.24) is 0 Å². The van der Waals surface area contributed by atoms with Gasteiger partial charge in [-0.25, -0.2) is 0 Å². The molecule has 0 heterocycles. The van der Waals surface area contributed by atoms with Gasteiger partial charge in [0.15, 0.2) is 0 Å². The molecular formula is C32H30O4S. The largest absolute Gasteiger partial charge is 0.496 e. The summed E-state index contributed by atoms with van der Waals surface area (Å²) in [5, 5.41) is 0. The van der Waals surface area contributed by atoms with E-state index in [9.17, 15) is 0 Å². The molecule has 0 aliphatic rings. The molecule has 0 bridgehead atoms. The average molecular weight is 511 g/mol. The normalized spacial score (nSPS) is 11.1. The Bertz CT molecular complexity index is 1300. The van der Waals surface area contributed by atoms with Gasteiger partial charge >= 0.3 is 0 Å². The summed E-state index contributed by atoms with van der Waals surface area (Å²) in [5.74, 6) is 3.23. The third-order valence-corrected chi connectivity index (χ3v) is 7.11. The summed E-state index contributed by atoms with van der Waals surface area (Å²) < 4.78 is 22.6. The van der Waals surface area contributed by atoms with E-state index in [2.05, 4.69) is 36.4 Å². The van der Waals surface area contributed by atoms with Crippen molar-refractivity contribution < 1.29 is 18.9 Å². The number of rotatable bonds is 10. The Hall–Kier alpha value is -4.09. The van der Waals surface area contributed by atoms with Crippen molar-refractivity contribution in [2.75, 3.05) is 28.4 Å². The van der Waals surface area contributed by atoms with E-state index in [4.69, 9.17) is 18.9 Å². The van der Waals surface area contributed by atoms with Crippen LogP contribution < -0.4 is 18.9 Å². The second-order valence-corrected chi connectivity index (χ2v) is 9.03. The van der Waals surface area contributed by atoms with Crippen molar-refractivity contribution in [3.8, 4) is 23.0 Å². The smallest absolute Gasteiger partial charge is 0.133 e. The van der Waals surface area contributed by atoms with Crippen LogP contribution in [0.3, 0.4) is 0 Å². The SMILES string of the molecule is COc1ccccc1/C=C/c1cccc(OC)c1Sc1c(/C=C/c2ccccc2OC)cccc1OC. The van der Waals surface area contributed by atoms with Crippen LogP contribution in [0.1, 0.15) is 22.3 Å². The molecule has 0 N–H and O–H groups in total. The van der Waals surface area contributed by atoms with E-state index in [0.29, 0.717) is 0 Å². The highest BCUT2D eigenvalue weighted by Crippen LogP contribution is 2.44. The lowest BCUT2D eigenvalue weighted by Gasteiger charge is -2.16. The first-order valence-electron chi connectivity index (χ1n) is 11.8. The molecule has 0 unspecified atom stereocenters. The zero-order valence-corrected chi connectivity index (χ0v) is 22.3. The maximum absolute atomic E-state index is 5.77. The fourth-order valence-electron chi connectivity index (χ4n) is 3.94. The van der Waals surface area contributed by atoms with Crippen LogP contribution >= 0.6 is 11.8 Å². The third-order valence-electron chi connectivity index (χ3n) is 5.83.